The van der Waals surface area contributed by atoms with Crippen molar-refractivity contribution in [3.05, 3.63) is 72.3 Å². The van der Waals surface area contributed by atoms with E-state index in [-0.39, 0.29) is 0 Å². The van der Waals surface area contributed by atoms with Crippen LogP contribution in [0.3, 0.4) is 0 Å². The summed E-state index contributed by atoms with van der Waals surface area (Å²) in [4.78, 5) is 0. The Labute approximate surface area is 135 Å². The fraction of sp³-hybridized carbons (Fsp3) is 0.0526. The molecule has 4 N–H and O–H groups in total. The molecule has 4 heteroatoms. The topological polar surface area (TPSA) is 70.5 Å². The van der Waals surface area contributed by atoms with E-state index in [2.05, 4.69) is 0 Å². The molecule has 0 atom stereocenters. The zero-order valence-electron chi connectivity index (χ0n) is 12.8. The maximum absolute atomic E-state index is 5.93. The Kier molecular flexibility index (Phi) is 4.06. The van der Waals surface area contributed by atoms with Gasteiger partial charge in [-0.25, -0.2) is 0 Å². The van der Waals surface area contributed by atoms with E-state index >= 15 is 0 Å². The van der Waals surface area contributed by atoms with E-state index in [0.717, 1.165) is 5.56 Å². The molecule has 0 spiro atoms. The quantitative estimate of drug-likeness (QED) is 0.683. The molecule has 0 radical (unpaired) electrons. The highest BCUT2D eigenvalue weighted by molar-refractivity contribution is 5.57. The van der Waals surface area contributed by atoms with Gasteiger partial charge in [0.25, 0.3) is 0 Å². The number of ether oxygens (including phenoxy) is 2. The molecule has 0 aliphatic carbocycles. The van der Waals surface area contributed by atoms with Gasteiger partial charge in [0.2, 0.25) is 0 Å². The van der Waals surface area contributed by atoms with E-state index < -0.39 is 0 Å². The molecule has 0 heterocycles. The predicted molar refractivity (Wildman–Crippen MR) is 93.0 cm³/mol. The highest BCUT2D eigenvalue weighted by Crippen LogP contribution is 2.36. The predicted octanol–water partition coefficient (Wildman–Crippen LogP) is 4.74. The van der Waals surface area contributed by atoms with Crippen molar-refractivity contribution in [1.82, 2.24) is 0 Å². The van der Waals surface area contributed by atoms with Crippen LogP contribution in [0.25, 0.3) is 0 Å². The molecule has 0 saturated heterocycles. The SMILES string of the molecule is Cc1c(Oc2ccccc2N)cccc1Oc1ccccc1N. The lowest BCUT2D eigenvalue weighted by Crippen LogP contribution is -1.96. The zero-order valence-corrected chi connectivity index (χ0v) is 12.8. The normalized spacial score (nSPS) is 10.3. The van der Waals surface area contributed by atoms with Gasteiger partial charge >= 0.3 is 0 Å². The molecule has 0 bridgehead atoms. The van der Waals surface area contributed by atoms with Gasteiger partial charge in [-0.3, -0.25) is 0 Å². The lowest BCUT2D eigenvalue weighted by atomic mass is 10.2. The largest absolute Gasteiger partial charge is 0.455 e. The van der Waals surface area contributed by atoms with Crippen LogP contribution in [0.5, 0.6) is 23.0 Å². The van der Waals surface area contributed by atoms with Crippen LogP contribution in [-0.2, 0) is 0 Å². The summed E-state index contributed by atoms with van der Waals surface area (Å²) in [5, 5.41) is 0. The van der Waals surface area contributed by atoms with E-state index in [9.17, 15) is 0 Å². The molecule has 0 fully saturated rings. The van der Waals surface area contributed by atoms with Crippen molar-refractivity contribution >= 4 is 11.4 Å². The van der Waals surface area contributed by atoms with Crippen LogP contribution in [0.15, 0.2) is 66.7 Å². The van der Waals surface area contributed by atoms with Gasteiger partial charge in [0.05, 0.1) is 11.4 Å². The highest BCUT2D eigenvalue weighted by Gasteiger charge is 2.10. The summed E-state index contributed by atoms with van der Waals surface area (Å²) in [6.45, 7) is 1.93. The summed E-state index contributed by atoms with van der Waals surface area (Å²) in [5.74, 6) is 2.61. The molecule has 3 aromatic rings. The fourth-order valence-corrected chi connectivity index (χ4v) is 2.20. The number of para-hydroxylation sites is 4. The van der Waals surface area contributed by atoms with Crippen LogP contribution in [-0.4, -0.2) is 0 Å². The van der Waals surface area contributed by atoms with E-state index in [1.165, 1.54) is 0 Å². The molecule has 3 aromatic carbocycles. The Morgan fingerprint density at radius 2 is 0.957 bits per heavy atom. The first-order chi connectivity index (χ1) is 11.1. The van der Waals surface area contributed by atoms with Crippen molar-refractivity contribution < 1.29 is 9.47 Å². The van der Waals surface area contributed by atoms with Crippen LogP contribution < -0.4 is 20.9 Å². The number of rotatable bonds is 4. The molecule has 0 amide bonds. The average molecular weight is 306 g/mol. The van der Waals surface area contributed by atoms with Gasteiger partial charge in [0.15, 0.2) is 0 Å². The monoisotopic (exact) mass is 306 g/mol. The molecule has 3 rings (SSSR count). The Morgan fingerprint density at radius 1 is 0.565 bits per heavy atom. The first kappa shape index (κ1) is 14.8. The van der Waals surface area contributed by atoms with Gasteiger partial charge in [-0.05, 0) is 43.3 Å². The number of nitrogens with two attached hydrogens (primary N) is 2. The number of nitrogen functional groups attached to an aromatic ring is 2. The minimum Gasteiger partial charge on any atom is -0.455 e. The summed E-state index contributed by atoms with van der Waals surface area (Å²) >= 11 is 0. The lowest BCUT2D eigenvalue weighted by molar-refractivity contribution is 0.456. The number of benzene rings is 3. The molecule has 0 aromatic heterocycles. The first-order valence-corrected chi connectivity index (χ1v) is 7.29. The van der Waals surface area contributed by atoms with Crippen LogP contribution >= 0.6 is 0 Å². The van der Waals surface area contributed by atoms with Gasteiger partial charge < -0.3 is 20.9 Å². The fourth-order valence-electron chi connectivity index (χ4n) is 2.20. The summed E-state index contributed by atoms with van der Waals surface area (Å²) in [6.07, 6.45) is 0. The third kappa shape index (κ3) is 3.21. The standard InChI is InChI=1S/C19H18N2O2/c1-13-16(22-18-9-4-2-7-14(18)20)11-6-12-17(13)23-19-10-5-3-8-15(19)21/h2-12H,20-21H2,1H3. The van der Waals surface area contributed by atoms with E-state index in [4.69, 9.17) is 20.9 Å². The third-order valence-electron chi connectivity index (χ3n) is 3.51. The van der Waals surface area contributed by atoms with Crippen molar-refractivity contribution in [3.8, 4) is 23.0 Å². The highest BCUT2D eigenvalue weighted by atomic mass is 16.5. The molecule has 116 valence electrons. The van der Waals surface area contributed by atoms with Gasteiger partial charge in [0, 0.05) is 5.56 Å². The average Bonchev–Trinajstić information content (AvgIpc) is 2.55. The van der Waals surface area contributed by atoms with E-state index in [1.54, 1.807) is 12.1 Å². The Balaban J connectivity index is 1.90. The molecular weight excluding hydrogens is 288 g/mol. The second kappa shape index (κ2) is 6.32. The van der Waals surface area contributed by atoms with Crippen molar-refractivity contribution in [1.29, 1.82) is 0 Å². The molecule has 4 nitrogen and oxygen atoms in total. The Morgan fingerprint density at radius 3 is 1.39 bits per heavy atom. The van der Waals surface area contributed by atoms with Crippen molar-refractivity contribution in [2.24, 2.45) is 0 Å². The lowest BCUT2D eigenvalue weighted by Gasteiger charge is -2.15. The third-order valence-corrected chi connectivity index (χ3v) is 3.51. The van der Waals surface area contributed by atoms with Crippen molar-refractivity contribution in [3.63, 3.8) is 0 Å². The second-order valence-electron chi connectivity index (χ2n) is 5.16. The number of hydrogen-bond acceptors (Lipinski definition) is 4. The Hall–Kier alpha value is -3.14. The zero-order chi connectivity index (χ0) is 16.2. The molecule has 23 heavy (non-hydrogen) atoms. The first-order valence-electron chi connectivity index (χ1n) is 7.29. The summed E-state index contributed by atoms with van der Waals surface area (Å²) in [7, 11) is 0. The molecule has 0 saturated carbocycles. The van der Waals surface area contributed by atoms with Crippen molar-refractivity contribution in [2.45, 2.75) is 6.92 Å². The van der Waals surface area contributed by atoms with Gasteiger partial charge in [0.1, 0.15) is 23.0 Å². The van der Waals surface area contributed by atoms with Crippen LogP contribution in [0.1, 0.15) is 5.56 Å². The molecule has 0 aliphatic heterocycles. The number of anilines is 2. The van der Waals surface area contributed by atoms with Crippen LogP contribution in [0.4, 0.5) is 11.4 Å². The van der Waals surface area contributed by atoms with Crippen LogP contribution in [0, 0.1) is 6.92 Å². The molecule has 0 aliphatic rings. The molecule has 0 unspecified atom stereocenters. The van der Waals surface area contributed by atoms with E-state index in [0.29, 0.717) is 34.4 Å². The molecular formula is C19H18N2O2. The van der Waals surface area contributed by atoms with Crippen LogP contribution in [0.2, 0.25) is 0 Å². The van der Waals surface area contributed by atoms with Crippen molar-refractivity contribution in [2.75, 3.05) is 11.5 Å². The maximum Gasteiger partial charge on any atom is 0.150 e. The summed E-state index contributed by atoms with van der Waals surface area (Å²) in [6, 6.07) is 20.4. The summed E-state index contributed by atoms with van der Waals surface area (Å²) < 4.78 is 11.8. The number of hydrogen-bond donors (Lipinski definition) is 2. The minimum atomic E-state index is 0.588. The van der Waals surface area contributed by atoms with E-state index in [1.807, 2.05) is 61.5 Å². The minimum absolute atomic E-state index is 0.588. The van der Waals surface area contributed by atoms with Gasteiger partial charge in [-0.15, -0.1) is 0 Å². The summed E-state index contributed by atoms with van der Waals surface area (Å²) in [5.41, 5.74) is 13.9. The van der Waals surface area contributed by atoms with Gasteiger partial charge in [-0.2, -0.15) is 0 Å². The Bertz CT molecular complexity index is 765. The maximum atomic E-state index is 5.93. The second-order valence-corrected chi connectivity index (χ2v) is 5.16. The smallest absolute Gasteiger partial charge is 0.150 e. The van der Waals surface area contributed by atoms with Gasteiger partial charge in [-0.1, -0.05) is 30.3 Å².